The van der Waals surface area contributed by atoms with Crippen molar-refractivity contribution in [3.8, 4) is 0 Å². The first-order valence-electron chi connectivity index (χ1n) is 6.24. The highest BCUT2D eigenvalue weighted by atomic mass is 127. The third-order valence-electron chi connectivity index (χ3n) is 2.79. The standard InChI is InChI=1S/C14H22IN/c1-3-5-6-14(16-4-2)11-12-7-9-13(15)10-8-12/h7-10,14,16H,3-6,11H2,1-2H3. The van der Waals surface area contributed by atoms with Gasteiger partial charge in [0, 0.05) is 9.61 Å². The van der Waals surface area contributed by atoms with Crippen molar-refractivity contribution in [3.05, 3.63) is 33.4 Å². The largest absolute Gasteiger partial charge is 0.314 e. The molecule has 1 rings (SSSR count). The van der Waals surface area contributed by atoms with Crippen molar-refractivity contribution < 1.29 is 0 Å². The Bertz CT molecular complexity index is 281. The number of halogens is 1. The molecule has 0 bridgehead atoms. The van der Waals surface area contributed by atoms with Crippen LogP contribution in [-0.2, 0) is 6.42 Å². The summed E-state index contributed by atoms with van der Waals surface area (Å²) in [5, 5.41) is 3.58. The van der Waals surface area contributed by atoms with Gasteiger partial charge in [-0.15, -0.1) is 0 Å². The zero-order chi connectivity index (χ0) is 11.8. The summed E-state index contributed by atoms with van der Waals surface area (Å²) in [6, 6.07) is 9.53. The van der Waals surface area contributed by atoms with Crippen LogP contribution >= 0.6 is 22.6 Å². The molecule has 0 fully saturated rings. The van der Waals surface area contributed by atoms with E-state index in [1.165, 1.54) is 28.4 Å². The Hall–Kier alpha value is -0.0900. The maximum atomic E-state index is 3.58. The molecule has 1 nitrogen and oxygen atoms in total. The highest BCUT2D eigenvalue weighted by molar-refractivity contribution is 14.1. The van der Waals surface area contributed by atoms with Gasteiger partial charge in [-0.05, 0) is 59.7 Å². The van der Waals surface area contributed by atoms with Gasteiger partial charge in [0.25, 0.3) is 0 Å². The summed E-state index contributed by atoms with van der Waals surface area (Å²) in [5.41, 5.74) is 1.45. The lowest BCUT2D eigenvalue weighted by Gasteiger charge is -2.17. The number of unbranched alkanes of at least 4 members (excludes halogenated alkanes) is 1. The molecule has 2 heteroatoms. The van der Waals surface area contributed by atoms with Gasteiger partial charge in [0.05, 0.1) is 0 Å². The quantitative estimate of drug-likeness (QED) is 0.745. The van der Waals surface area contributed by atoms with Gasteiger partial charge in [-0.3, -0.25) is 0 Å². The van der Waals surface area contributed by atoms with Crippen molar-refractivity contribution in [2.24, 2.45) is 0 Å². The Balaban J connectivity index is 2.49. The molecular weight excluding hydrogens is 309 g/mol. The molecule has 16 heavy (non-hydrogen) atoms. The molecule has 1 aromatic rings. The van der Waals surface area contributed by atoms with Gasteiger partial charge in [0.2, 0.25) is 0 Å². The van der Waals surface area contributed by atoms with Crippen LogP contribution in [0.25, 0.3) is 0 Å². The summed E-state index contributed by atoms with van der Waals surface area (Å²) >= 11 is 2.35. The van der Waals surface area contributed by atoms with E-state index in [4.69, 9.17) is 0 Å². The summed E-state index contributed by atoms with van der Waals surface area (Å²) in [5.74, 6) is 0. The van der Waals surface area contributed by atoms with Crippen LogP contribution in [0.1, 0.15) is 38.7 Å². The van der Waals surface area contributed by atoms with E-state index in [1.807, 2.05) is 0 Å². The molecule has 1 N–H and O–H groups in total. The summed E-state index contributed by atoms with van der Waals surface area (Å²) in [6.07, 6.45) is 5.05. The third kappa shape index (κ3) is 5.30. The van der Waals surface area contributed by atoms with E-state index in [2.05, 4.69) is 66.0 Å². The van der Waals surface area contributed by atoms with E-state index in [9.17, 15) is 0 Å². The van der Waals surface area contributed by atoms with E-state index in [0.717, 1.165) is 13.0 Å². The first-order valence-corrected chi connectivity index (χ1v) is 7.32. The molecule has 0 aliphatic carbocycles. The highest BCUT2D eigenvalue weighted by Gasteiger charge is 2.07. The lowest BCUT2D eigenvalue weighted by molar-refractivity contribution is 0.473. The minimum absolute atomic E-state index is 0.644. The van der Waals surface area contributed by atoms with Gasteiger partial charge in [0.1, 0.15) is 0 Å². The predicted molar refractivity (Wildman–Crippen MR) is 79.9 cm³/mol. The van der Waals surface area contributed by atoms with Crippen LogP contribution in [-0.4, -0.2) is 12.6 Å². The summed E-state index contributed by atoms with van der Waals surface area (Å²) in [7, 11) is 0. The topological polar surface area (TPSA) is 12.0 Å². The van der Waals surface area contributed by atoms with Gasteiger partial charge < -0.3 is 5.32 Å². The second-order valence-electron chi connectivity index (χ2n) is 4.23. The van der Waals surface area contributed by atoms with Crippen LogP contribution in [0.15, 0.2) is 24.3 Å². The predicted octanol–water partition coefficient (Wildman–Crippen LogP) is 4.00. The molecule has 1 unspecified atom stereocenters. The molecule has 0 aromatic heterocycles. The summed E-state index contributed by atoms with van der Waals surface area (Å²) in [4.78, 5) is 0. The molecule has 90 valence electrons. The van der Waals surface area contributed by atoms with E-state index < -0.39 is 0 Å². The number of hydrogen-bond acceptors (Lipinski definition) is 1. The molecule has 0 saturated heterocycles. The fraction of sp³-hybridized carbons (Fsp3) is 0.571. The Morgan fingerprint density at radius 1 is 1.19 bits per heavy atom. The zero-order valence-corrected chi connectivity index (χ0v) is 12.5. The van der Waals surface area contributed by atoms with Gasteiger partial charge in [-0.25, -0.2) is 0 Å². The number of benzene rings is 1. The minimum Gasteiger partial charge on any atom is -0.314 e. The molecular formula is C14H22IN. The molecule has 1 aromatic carbocycles. The Kier molecular flexibility index (Phi) is 7.05. The lowest BCUT2D eigenvalue weighted by Crippen LogP contribution is -2.30. The fourth-order valence-corrected chi connectivity index (χ4v) is 2.28. The van der Waals surface area contributed by atoms with Crippen LogP contribution in [0.3, 0.4) is 0 Å². The molecule has 1 atom stereocenters. The van der Waals surface area contributed by atoms with E-state index in [0.29, 0.717) is 6.04 Å². The summed E-state index contributed by atoms with van der Waals surface area (Å²) < 4.78 is 1.31. The van der Waals surface area contributed by atoms with Gasteiger partial charge in [0.15, 0.2) is 0 Å². The Labute approximate surface area is 113 Å². The molecule has 0 amide bonds. The van der Waals surface area contributed by atoms with Crippen molar-refractivity contribution in [2.75, 3.05) is 6.54 Å². The van der Waals surface area contributed by atoms with E-state index in [1.54, 1.807) is 0 Å². The van der Waals surface area contributed by atoms with Crippen molar-refractivity contribution in [3.63, 3.8) is 0 Å². The monoisotopic (exact) mass is 331 g/mol. The third-order valence-corrected chi connectivity index (χ3v) is 3.51. The SMILES string of the molecule is CCCCC(Cc1ccc(I)cc1)NCC. The highest BCUT2D eigenvalue weighted by Crippen LogP contribution is 2.11. The Morgan fingerprint density at radius 2 is 1.88 bits per heavy atom. The van der Waals surface area contributed by atoms with Crippen molar-refractivity contribution in [2.45, 2.75) is 45.6 Å². The van der Waals surface area contributed by atoms with E-state index >= 15 is 0 Å². The number of hydrogen-bond donors (Lipinski definition) is 1. The Morgan fingerprint density at radius 3 is 2.44 bits per heavy atom. The summed E-state index contributed by atoms with van der Waals surface area (Å²) in [6.45, 7) is 5.51. The fourth-order valence-electron chi connectivity index (χ4n) is 1.92. The first-order chi connectivity index (χ1) is 7.76. The van der Waals surface area contributed by atoms with Crippen molar-refractivity contribution in [1.82, 2.24) is 5.32 Å². The average molecular weight is 331 g/mol. The number of nitrogens with one attached hydrogen (secondary N) is 1. The van der Waals surface area contributed by atoms with Gasteiger partial charge >= 0.3 is 0 Å². The second kappa shape index (κ2) is 8.07. The van der Waals surface area contributed by atoms with Crippen molar-refractivity contribution in [1.29, 1.82) is 0 Å². The first kappa shape index (κ1) is 14.0. The maximum Gasteiger partial charge on any atom is 0.0130 e. The maximum absolute atomic E-state index is 3.58. The average Bonchev–Trinajstić information content (AvgIpc) is 2.29. The van der Waals surface area contributed by atoms with Gasteiger partial charge in [-0.2, -0.15) is 0 Å². The molecule has 0 aliphatic heterocycles. The molecule has 0 heterocycles. The van der Waals surface area contributed by atoms with Crippen molar-refractivity contribution >= 4 is 22.6 Å². The second-order valence-corrected chi connectivity index (χ2v) is 5.47. The number of likely N-dealkylation sites (N-methyl/N-ethyl adjacent to an activating group) is 1. The smallest absolute Gasteiger partial charge is 0.0130 e. The lowest BCUT2D eigenvalue weighted by atomic mass is 10.0. The van der Waals surface area contributed by atoms with Crippen LogP contribution in [0, 0.1) is 3.57 Å². The molecule has 0 radical (unpaired) electrons. The van der Waals surface area contributed by atoms with Crippen LogP contribution in [0.4, 0.5) is 0 Å². The molecule has 0 saturated carbocycles. The van der Waals surface area contributed by atoms with Crippen LogP contribution in [0.2, 0.25) is 0 Å². The van der Waals surface area contributed by atoms with E-state index in [-0.39, 0.29) is 0 Å². The molecule has 0 spiro atoms. The van der Waals surface area contributed by atoms with Crippen LogP contribution < -0.4 is 5.32 Å². The normalized spacial score (nSPS) is 12.7. The van der Waals surface area contributed by atoms with Crippen LogP contribution in [0.5, 0.6) is 0 Å². The van der Waals surface area contributed by atoms with Gasteiger partial charge in [-0.1, -0.05) is 38.8 Å². The molecule has 0 aliphatic rings. The number of rotatable bonds is 7. The minimum atomic E-state index is 0.644. The zero-order valence-electron chi connectivity index (χ0n) is 10.3.